The van der Waals surface area contributed by atoms with E-state index in [4.69, 9.17) is 10.00 Å². The van der Waals surface area contributed by atoms with Crippen molar-refractivity contribution in [2.45, 2.75) is 4.90 Å². The molecule has 0 aliphatic heterocycles. The molecule has 0 fully saturated rings. The molecule has 178 valence electrons. The minimum absolute atomic E-state index is 0.00458. The highest BCUT2D eigenvalue weighted by Gasteiger charge is 2.24. The van der Waals surface area contributed by atoms with E-state index in [2.05, 4.69) is 35.3 Å². The second-order valence-electron chi connectivity index (χ2n) is 7.11. The maximum atomic E-state index is 15.6. The van der Waals surface area contributed by atoms with E-state index in [1.807, 2.05) is 6.07 Å². The van der Waals surface area contributed by atoms with Crippen LogP contribution in [0.3, 0.4) is 0 Å². The Kier molecular flexibility index (Phi) is 6.30. The second kappa shape index (κ2) is 9.35. The monoisotopic (exact) mass is 494 g/mol. The van der Waals surface area contributed by atoms with Gasteiger partial charge in [-0.3, -0.25) is 4.72 Å². The molecule has 0 saturated heterocycles. The Hall–Kier alpha value is -4.57. The molecule has 0 radical (unpaired) electrons. The fraction of sp³-hybridized carbons (Fsp3) is 0.136. The van der Waals surface area contributed by atoms with E-state index in [9.17, 15) is 8.42 Å². The molecular formula is C22H19FN8O3S. The zero-order valence-electron chi connectivity index (χ0n) is 18.8. The maximum absolute atomic E-state index is 15.6. The average molecular weight is 495 g/mol. The van der Waals surface area contributed by atoms with Crippen molar-refractivity contribution >= 4 is 38.5 Å². The lowest BCUT2D eigenvalue weighted by molar-refractivity contribution is 0.385. The molecule has 1 aromatic carbocycles. The Morgan fingerprint density at radius 1 is 1.06 bits per heavy atom. The molecule has 11 nitrogen and oxygen atoms in total. The van der Waals surface area contributed by atoms with Gasteiger partial charge in [0.1, 0.15) is 11.9 Å². The number of aromatic nitrogens is 4. The van der Waals surface area contributed by atoms with Crippen molar-refractivity contribution in [2.24, 2.45) is 0 Å². The molecule has 3 heterocycles. The van der Waals surface area contributed by atoms with Gasteiger partial charge in [0.2, 0.25) is 11.8 Å². The van der Waals surface area contributed by atoms with Crippen LogP contribution in [0.1, 0.15) is 5.56 Å². The number of benzene rings is 1. The first-order valence-electron chi connectivity index (χ1n) is 10.1. The summed E-state index contributed by atoms with van der Waals surface area (Å²) in [4.78, 5) is 16.3. The Morgan fingerprint density at radius 3 is 2.54 bits per heavy atom. The predicted molar refractivity (Wildman–Crippen MR) is 128 cm³/mol. The van der Waals surface area contributed by atoms with E-state index < -0.39 is 20.7 Å². The van der Waals surface area contributed by atoms with E-state index in [-0.39, 0.29) is 22.7 Å². The van der Waals surface area contributed by atoms with Gasteiger partial charge in [0.05, 0.1) is 18.4 Å². The molecule has 0 bridgehead atoms. The number of methoxy groups -OCH3 is 1. The van der Waals surface area contributed by atoms with Crippen molar-refractivity contribution in [3.05, 3.63) is 54.1 Å². The van der Waals surface area contributed by atoms with Gasteiger partial charge in [0.25, 0.3) is 10.0 Å². The molecule has 0 unspecified atom stereocenters. The summed E-state index contributed by atoms with van der Waals surface area (Å²) in [5, 5.41) is 15.4. The lowest BCUT2D eigenvalue weighted by Crippen LogP contribution is -2.16. The van der Waals surface area contributed by atoms with Gasteiger partial charge in [-0.25, -0.2) is 27.8 Å². The van der Waals surface area contributed by atoms with E-state index in [0.717, 1.165) is 6.07 Å². The zero-order chi connectivity index (χ0) is 25.2. The number of sulfonamides is 1. The quantitative estimate of drug-likeness (QED) is 0.349. The van der Waals surface area contributed by atoms with Crippen LogP contribution in [-0.4, -0.2) is 49.6 Å². The largest absolute Gasteiger partial charge is 0.480 e. The molecule has 3 N–H and O–H groups in total. The standard InChI is InChI=1S/C22H19FN8O3S/c1-25-20-15(8-13-11-28-22(26-2)30-19(13)29-20)14-5-4-6-16(18(14)23)31-35(32,33)17-7-12(9-24)10-27-21(17)34-3/h4-8,10-11,31H,1-3H3,(H2,25,26,28,29,30). The smallest absolute Gasteiger partial charge is 0.267 e. The Balaban J connectivity index is 1.80. The molecule has 3 aromatic heterocycles. The SMILES string of the molecule is CNc1ncc2cc(-c3cccc(NS(=O)(=O)c4cc(C#N)cnc4OC)c3F)c(NC)nc2n1. The summed E-state index contributed by atoms with van der Waals surface area (Å²) in [5.41, 5.74) is 0.565. The average Bonchev–Trinajstić information content (AvgIpc) is 2.88. The number of fused-ring (bicyclic) bond motifs is 1. The van der Waals surface area contributed by atoms with Crippen LogP contribution in [0.4, 0.5) is 21.8 Å². The molecule has 4 rings (SSSR count). The lowest BCUT2D eigenvalue weighted by Gasteiger charge is -2.15. The van der Waals surface area contributed by atoms with E-state index in [1.165, 1.54) is 31.5 Å². The molecule has 0 aliphatic rings. The Morgan fingerprint density at radius 2 is 1.86 bits per heavy atom. The summed E-state index contributed by atoms with van der Waals surface area (Å²) in [6.45, 7) is 0. The molecule has 0 aliphatic carbocycles. The number of nitrogens with one attached hydrogen (secondary N) is 3. The van der Waals surface area contributed by atoms with Crippen LogP contribution < -0.4 is 20.1 Å². The Bertz CT molecular complexity index is 1590. The van der Waals surface area contributed by atoms with Crippen LogP contribution in [0.5, 0.6) is 5.88 Å². The number of anilines is 3. The summed E-state index contributed by atoms with van der Waals surface area (Å²) >= 11 is 0. The van der Waals surface area contributed by atoms with Crippen molar-refractivity contribution < 1.29 is 17.5 Å². The van der Waals surface area contributed by atoms with Gasteiger partial charge in [-0.2, -0.15) is 10.2 Å². The number of hydrogen-bond acceptors (Lipinski definition) is 10. The molecule has 0 saturated carbocycles. The van der Waals surface area contributed by atoms with Crippen molar-refractivity contribution in [1.82, 2.24) is 19.9 Å². The summed E-state index contributed by atoms with van der Waals surface area (Å²) in [6, 6.07) is 8.86. The van der Waals surface area contributed by atoms with Crippen molar-refractivity contribution in [1.29, 1.82) is 5.26 Å². The summed E-state index contributed by atoms with van der Waals surface area (Å²) in [7, 11) is 0.193. The highest BCUT2D eigenvalue weighted by Crippen LogP contribution is 2.35. The van der Waals surface area contributed by atoms with Crippen LogP contribution in [0, 0.1) is 17.1 Å². The van der Waals surface area contributed by atoms with Gasteiger partial charge in [-0.05, 0) is 18.2 Å². The molecule has 0 amide bonds. The van der Waals surface area contributed by atoms with Gasteiger partial charge in [-0.1, -0.05) is 12.1 Å². The molecule has 4 aromatic rings. The van der Waals surface area contributed by atoms with Gasteiger partial charge < -0.3 is 15.4 Å². The number of pyridine rings is 2. The Labute approximate surface area is 200 Å². The molecule has 35 heavy (non-hydrogen) atoms. The summed E-state index contributed by atoms with van der Waals surface area (Å²) < 4.78 is 49.0. The minimum atomic E-state index is -4.35. The summed E-state index contributed by atoms with van der Waals surface area (Å²) in [6.07, 6.45) is 2.73. The van der Waals surface area contributed by atoms with Crippen LogP contribution >= 0.6 is 0 Å². The van der Waals surface area contributed by atoms with Crippen LogP contribution in [0.15, 0.2) is 47.6 Å². The summed E-state index contributed by atoms with van der Waals surface area (Å²) in [5.74, 6) is -0.340. The maximum Gasteiger partial charge on any atom is 0.267 e. The predicted octanol–water partition coefficient (Wildman–Crippen LogP) is 2.99. The van der Waals surface area contributed by atoms with Crippen molar-refractivity contribution in [2.75, 3.05) is 36.6 Å². The highest BCUT2D eigenvalue weighted by molar-refractivity contribution is 7.92. The van der Waals surface area contributed by atoms with Crippen LogP contribution in [0.25, 0.3) is 22.2 Å². The first kappa shape index (κ1) is 23.6. The number of nitriles is 1. The van der Waals surface area contributed by atoms with E-state index >= 15 is 4.39 Å². The third-order valence-corrected chi connectivity index (χ3v) is 6.35. The fourth-order valence-corrected chi connectivity index (χ4v) is 4.54. The topological polar surface area (TPSA) is 155 Å². The van der Waals surface area contributed by atoms with Crippen LogP contribution in [0.2, 0.25) is 0 Å². The van der Waals surface area contributed by atoms with Crippen molar-refractivity contribution in [3.8, 4) is 23.1 Å². The molecule has 0 atom stereocenters. The third kappa shape index (κ3) is 4.46. The van der Waals surface area contributed by atoms with Gasteiger partial charge in [-0.15, -0.1) is 0 Å². The molecule has 0 spiro atoms. The van der Waals surface area contributed by atoms with E-state index in [0.29, 0.717) is 28.4 Å². The number of hydrogen-bond donors (Lipinski definition) is 3. The van der Waals surface area contributed by atoms with Gasteiger partial charge in [0, 0.05) is 43.0 Å². The number of halogens is 1. The van der Waals surface area contributed by atoms with Crippen molar-refractivity contribution in [3.63, 3.8) is 0 Å². The first-order valence-corrected chi connectivity index (χ1v) is 11.6. The number of ether oxygens (including phenoxy) is 1. The van der Waals surface area contributed by atoms with Gasteiger partial charge >= 0.3 is 0 Å². The van der Waals surface area contributed by atoms with Crippen LogP contribution in [-0.2, 0) is 10.0 Å². The second-order valence-corrected chi connectivity index (χ2v) is 8.76. The zero-order valence-corrected chi connectivity index (χ0v) is 19.6. The van der Waals surface area contributed by atoms with Gasteiger partial charge in [0.15, 0.2) is 16.4 Å². The lowest BCUT2D eigenvalue weighted by atomic mass is 10.0. The van der Waals surface area contributed by atoms with E-state index in [1.54, 1.807) is 26.4 Å². The molecule has 13 heteroatoms. The number of rotatable bonds is 7. The minimum Gasteiger partial charge on any atom is -0.480 e. The first-order chi connectivity index (χ1) is 16.8. The normalized spacial score (nSPS) is 11.1. The third-order valence-electron chi connectivity index (χ3n) is 4.99. The molecular weight excluding hydrogens is 475 g/mol. The fourth-order valence-electron chi connectivity index (χ4n) is 3.34. The highest BCUT2D eigenvalue weighted by atomic mass is 32.2. The number of nitrogens with zero attached hydrogens (tertiary/aromatic N) is 5.